The Morgan fingerprint density at radius 2 is 1.57 bits per heavy atom. The number of hydrogen-bond donors (Lipinski definition) is 2. The van der Waals surface area contributed by atoms with Crippen molar-refractivity contribution < 1.29 is 24.5 Å². The Labute approximate surface area is 313 Å². The van der Waals surface area contributed by atoms with Crippen molar-refractivity contribution in [1.29, 1.82) is 0 Å². The van der Waals surface area contributed by atoms with Gasteiger partial charge in [-0.1, -0.05) is 97.1 Å². The van der Waals surface area contributed by atoms with Gasteiger partial charge in [0.1, 0.15) is 11.8 Å². The molecular formula is C44H41N5O5. The van der Waals surface area contributed by atoms with Gasteiger partial charge in [-0.2, -0.15) is 0 Å². The molecule has 3 aliphatic heterocycles. The molecule has 0 radical (unpaired) electrons. The van der Waals surface area contributed by atoms with Gasteiger partial charge in [0.05, 0.1) is 41.4 Å². The lowest BCUT2D eigenvalue weighted by Gasteiger charge is -2.34. The van der Waals surface area contributed by atoms with Gasteiger partial charge in [0.15, 0.2) is 5.60 Å². The number of anilines is 3. The summed E-state index contributed by atoms with van der Waals surface area (Å²) in [6.45, 7) is 6.29. The quantitative estimate of drug-likeness (QED) is 0.164. The van der Waals surface area contributed by atoms with Gasteiger partial charge in [0.2, 0.25) is 0 Å². The second-order valence-electron chi connectivity index (χ2n) is 15.3. The van der Waals surface area contributed by atoms with E-state index >= 15 is 0 Å². The number of carbonyl (C=O) groups is 2. The number of amides is 2. The van der Waals surface area contributed by atoms with Crippen molar-refractivity contribution in [2.75, 3.05) is 9.80 Å². The molecule has 3 aliphatic rings. The molecule has 0 unspecified atom stereocenters. The van der Waals surface area contributed by atoms with E-state index < -0.39 is 23.4 Å². The highest BCUT2D eigenvalue weighted by Crippen LogP contribution is 2.58. The summed E-state index contributed by atoms with van der Waals surface area (Å²) in [6.07, 6.45) is 0.816. The molecule has 0 saturated carbocycles. The normalized spacial score (nSPS) is 22.5. The number of fused-ring (bicyclic) bond motifs is 2. The second-order valence-corrected chi connectivity index (χ2v) is 15.3. The number of rotatable bonds is 9. The van der Waals surface area contributed by atoms with Gasteiger partial charge >= 0.3 is 0 Å². The Morgan fingerprint density at radius 1 is 0.870 bits per heavy atom. The average Bonchev–Trinajstić information content (AvgIpc) is 3.91. The van der Waals surface area contributed by atoms with Crippen LogP contribution in [0, 0.1) is 11.8 Å². The number of hydrogen-bond acceptors (Lipinski definition) is 7. The first-order chi connectivity index (χ1) is 26.1. The molecule has 2 N–H and O–H groups in total. The largest absolute Gasteiger partial charge is 0.390 e. The van der Waals surface area contributed by atoms with Crippen molar-refractivity contribution in [2.45, 2.75) is 63.7 Å². The van der Waals surface area contributed by atoms with Gasteiger partial charge in [0, 0.05) is 35.0 Å². The van der Waals surface area contributed by atoms with Gasteiger partial charge in [0.25, 0.3) is 11.8 Å². The Morgan fingerprint density at radius 3 is 2.33 bits per heavy atom. The van der Waals surface area contributed by atoms with Crippen molar-refractivity contribution >= 4 is 39.6 Å². The second kappa shape index (κ2) is 12.7. The summed E-state index contributed by atoms with van der Waals surface area (Å²) >= 11 is 0. The van der Waals surface area contributed by atoms with Crippen LogP contribution in [-0.2, 0) is 28.2 Å². The average molecular weight is 720 g/mol. The van der Waals surface area contributed by atoms with E-state index in [0.717, 1.165) is 44.5 Å². The molecule has 272 valence electrons. The fraction of sp³-hybridized carbons (Fsp3) is 0.273. The fourth-order valence-electron chi connectivity index (χ4n) is 9.18. The maximum atomic E-state index is 14.9. The van der Waals surface area contributed by atoms with E-state index in [-0.39, 0.29) is 23.7 Å². The molecule has 5 aromatic carbocycles. The lowest BCUT2D eigenvalue weighted by Crippen LogP contribution is -2.46. The zero-order chi connectivity index (χ0) is 37.4. The molecule has 0 bridgehead atoms. The number of aromatic nitrogens is 3. The summed E-state index contributed by atoms with van der Waals surface area (Å²) in [4.78, 5) is 32.0. The summed E-state index contributed by atoms with van der Waals surface area (Å²) in [5, 5.41) is 32.9. The van der Waals surface area contributed by atoms with Crippen LogP contribution < -0.4 is 9.80 Å². The Hall–Kier alpha value is -5.68. The first-order valence-electron chi connectivity index (χ1n) is 18.5. The highest BCUT2D eigenvalue weighted by atomic mass is 16.5. The first-order valence-corrected chi connectivity index (χ1v) is 18.5. The van der Waals surface area contributed by atoms with Crippen molar-refractivity contribution in [3.05, 3.63) is 149 Å². The number of para-hydroxylation sites is 1. The standard InChI is InChI=1S/C44H41N5O5/c1-27-39(43(2,3)53)37(23-24-47-26-34(45-46-47)40(50)30-11-5-4-6-12-30)54-44(27)33-16-7-8-17-35(33)48(42(44)52)25-28-19-21-31(22-20-28)49-36-18-10-14-29-13-9-15-32(38(29)36)41(49)51/h4-22,26-27,37,39-40,50,53H,23-25H2,1-3H3/t27-,37+,39-,40-,44+/m1/s1. The molecule has 1 spiro atoms. The van der Waals surface area contributed by atoms with Crippen LogP contribution in [0.2, 0.25) is 0 Å². The van der Waals surface area contributed by atoms with E-state index in [1.165, 1.54) is 0 Å². The molecule has 2 amide bonds. The van der Waals surface area contributed by atoms with Crippen LogP contribution in [-0.4, -0.2) is 48.7 Å². The number of aliphatic hydroxyl groups excluding tert-OH is 1. The highest BCUT2D eigenvalue weighted by Gasteiger charge is 2.65. The van der Waals surface area contributed by atoms with E-state index in [4.69, 9.17) is 4.74 Å². The minimum atomic E-state index is -1.30. The van der Waals surface area contributed by atoms with Gasteiger partial charge in [-0.05, 0) is 67.1 Å². The zero-order valence-electron chi connectivity index (χ0n) is 30.3. The van der Waals surface area contributed by atoms with Crippen molar-refractivity contribution in [1.82, 2.24) is 15.0 Å². The highest BCUT2D eigenvalue weighted by molar-refractivity contribution is 6.27. The molecule has 5 atom stereocenters. The van der Waals surface area contributed by atoms with Crippen LogP contribution >= 0.6 is 0 Å². The SMILES string of the molecule is C[C@@H]1[C@@H](C(C)(C)O)[C@H](CCn2cc([C@H](O)c3ccccc3)nn2)O[C@@]12C(=O)N(Cc1ccc(N3C(=O)c4cccc5cccc3c45)cc1)c1ccccc12. The maximum Gasteiger partial charge on any atom is 0.264 e. The molecule has 1 aromatic heterocycles. The summed E-state index contributed by atoms with van der Waals surface area (Å²) in [5.74, 6) is -0.959. The molecule has 4 heterocycles. The maximum absolute atomic E-state index is 14.9. The summed E-state index contributed by atoms with van der Waals surface area (Å²) in [7, 11) is 0. The lowest BCUT2D eigenvalue weighted by molar-refractivity contribution is -0.146. The molecule has 1 fully saturated rings. The number of ether oxygens (including phenoxy) is 1. The van der Waals surface area contributed by atoms with Crippen LogP contribution in [0.15, 0.2) is 121 Å². The van der Waals surface area contributed by atoms with Gasteiger partial charge in [-0.25, -0.2) is 0 Å². The van der Waals surface area contributed by atoms with E-state index in [1.54, 1.807) is 34.5 Å². The van der Waals surface area contributed by atoms with E-state index in [9.17, 15) is 19.8 Å². The van der Waals surface area contributed by atoms with E-state index in [1.807, 2.05) is 122 Å². The van der Waals surface area contributed by atoms with Crippen molar-refractivity contribution in [3.63, 3.8) is 0 Å². The zero-order valence-corrected chi connectivity index (χ0v) is 30.3. The van der Waals surface area contributed by atoms with Crippen LogP contribution in [0.5, 0.6) is 0 Å². The fourth-order valence-corrected chi connectivity index (χ4v) is 9.18. The molecule has 6 aromatic rings. The molecule has 54 heavy (non-hydrogen) atoms. The number of aryl methyl sites for hydroxylation is 1. The topological polar surface area (TPSA) is 121 Å². The molecule has 10 nitrogen and oxygen atoms in total. The van der Waals surface area contributed by atoms with Crippen LogP contribution in [0.3, 0.4) is 0 Å². The minimum absolute atomic E-state index is 0.0579. The van der Waals surface area contributed by atoms with Gasteiger partial charge in [-0.15, -0.1) is 5.10 Å². The predicted molar refractivity (Wildman–Crippen MR) is 205 cm³/mol. The predicted octanol–water partition coefficient (Wildman–Crippen LogP) is 7.06. The Kier molecular flexibility index (Phi) is 8.04. The Bertz CT molecular complexity index is 2400. The van der Waals surface area contributed by atoms with Crippen molar-refractivity contribution in [2.24, 2.45) is 11.8 Å². The first kappa shape index (κ1) is 34.1. The number of carbonyl (C=O) groups excluding carboxylic acids is 2. The lowest BCUT2D eigenvalue weighted by atomic mass is 9.71. The van der Waals surface area contributed by atoms with E-state index in [0.29, 0.717) is 30.8 Å². The van der Waals surface area contributed by atoms with Crippen LogP contribution in [0.4, 0.5) is 17.1 Å². The van der Waals surface area contributed by atoms with Gasteiger partial charge in [-0.3, -0.25) is 19.2 Å². The third-order valence-electron chi connectivity index (χ3n) is 11.6. The number of nitrogens with zero attached hydrogens (tertiary/aromatic N) is 5. The number of benzene rings is 5. The monoisotopic (exact) mass is 719 g/mol. The summed E-state index contributed by atoms with van der Waals surface area (Å²) in [5.41, 5.74) is 3.51. The minimum Gasteiger partial charge on any atom is -0.390 e. The summed E-state index contributed by atoms with van der Waals surface area (Å²) < 4.78 is 8.64. The summed E-state index contributed by atoms with van der Waals surface area (Å²) in [6, 6.07) is 36.6. The van der Waals surface area contributed by atoms with Crippen LogP contribution in [0.1, 0.15) is 66.0 Å². The molecule has 1 saturated heterocycles. The molecular weight excluding hydrogens is 679 g/mol. The van der Waals surface area contributed by atoms with Crippen LogP contribution in [0.25, 0.3) is 10.8 Å². The van der Waals surface area contributed by atoms with E-state index in [2.05, 4.69) is 10.3 Å². The Balaban J connectivity index is 0.970. The number of aliphatic hydroxyl groups is 2. The third-order valence-corrected chi connectivity index (χ3v) is 11.6. The molecule has 0 aliphatic carbocycles. The smallest absolute Gasteiger partial charge is 0.264 e. The molecule has 9 rings (SSSR count). The third kappa shape index (κ3) is 5.27. The van der Waals surface area contributed by atoms with Crippen molar-refractivity contribution in [3.8, 4) is 0 Å². The molecule has 10 heteroatoms. The van der Waals surface area contributed by atoms with Gasteiger partial charge < -0.3 is 19.8 Å².